The third-order valence-electron chi connectivity index (χ3n) is 4.11. The highest BCUT2D eigenvalue weighted by Gasteiger charge is 2.24. The smallest absolute Gasteiger partial charge is 0.312 e. The molecule has 3 rings (SSSR count). The summed E-state index contributed by atoms with van der Waals surface area (Å²) in [4.78, 5) is 41.3. The molecular weight excluding hydrogens is 366 g/mol. The van der Waals surface area contributed by atoms with Gasteiger partial charge in [-0.1, -0.05) is 30.3 Å². The average Bonchev–Trinajstić information content (AvgIpc) is 3.29. The van der Waals surface area contributed by atoms with Crippen molar-refractivity contribution in [1.82, 2.24) is 10.3 Å². The van der Waals surface area contributed by atoms with E-state index >= 15 is 0 Å². The minimum Gasteiger partial charge on any atom is -0.455 e. The van der Waals surface area contributed by atoms with Gasteiger partial charge in [0.2, 0.25) is 5.91 Å². The van der Waals surface area contributed by atoms with Crippen LogP contribution in [0.2, 0.25) is 0 Å². The van der Waals surface area contributed by atoms with Crippen LogP contribution in [0.1, 0.15) is 24.1 Å². The Morgan fingerprint density at radius 2 is 2.07 bits per heavy atom. The van der Waals surface area contributed by atoms with Crippen molar-refractivity contribution < 1.29 is 19.1 Å². The van der Waals surface area contributed by atoms with Gasteiger partial charge in [-0.15, -0.1) is 11.3 Å². The molecule has 1 N–H and O–H groups in total. The summed E-state index contributed by atoms with van der Waals surface area (Å²) in [5.74, 6) is -0.788. The fraction of sp³-hybridized carbons (Fsp3) is 0.368. The van der Waals surface area contributed by atoms with Gasteiger partial charge in [-0.2, -0.15) is 0 Å². The van der Waals surface area contributed by atoms with Crippen molar-refractivity contribution >= 4 is 34.3 Å². The van der Waals surface area contributed by atoms with Gasteiger partial charge in [0.25, 0.3) is 5.91 Å². The molecule has 0 unspecified atom stereocenters. The largest absolute Gasteiger partial charge is 0.455 e. The Bertz CT molecular complexity index is 806. The van der Waals surface area contributed by atoms with Crippen LogP contribution in [0.5, 0.6) is 0 Å². The molecule has 0 atom stereocenters. The lowest BCUT2D eigenvalue weighted by molar-refractivity contribution is -0.147. The molecule has 1 saturated heterocycles. The Hall–Kier alpha value is -2.74. The molecule has 0 radical (unpaired) electrons. The number of benzene rings is 1. The number of amides is 2. The molecule has 8 heteroatoms. The molecule has 1 fully saturated rings. The summed E-state index contributed by atoms with van der Waals surface area (Å²) in [6, 6.07) is 9.81. The minimum absolute atomic E-state index is 0.0180. The molecule has 27 heavy (non-hydrogen) atoms. The molecule has 2 aromatic rings. The Morgan fingerprint density at radius 1 is 1.26 bits per heavy atom. The highest BCUT2D eigenvalue weighted by molar-refractivity contribution is 7.14. The summed E-state index contributed by atoms with van der Waals surface area (Å²) in [5, 5.41) is 5.07. The van der Waals surface area contributed by atoms with Crippen LogP contribution in [0, 0.1) is 0 Å². The lowest BCUT2D eigenvalue weighted by atomic mass is 10.1. The van der Waals surface area contributed by atoms with Crippen molar-refractivity contribution in [2.75, 3.05) is 24.6 Å². The van der Waals surface area contributed by atoms with Crippen LogP contribution in [0.15, 0.2) is 35.7 Å². The SMILES string of the molecule is O=C(COC(=O)Cc1csc(N2CCCC2=O)n1)NCCc1ccccc1. The summed E-state index contributed by atoms with van der Waals surface area (Å²) in [5.41, 5.74) is 1.68. The van der Waals surface area contributed by atoms with E-state index in [1.165, 1.54) is 11.3 Å². The van der Waals surface area contributed by atoms with Crippen molar-refractivity contribution in [2.45, 2.75) is 25.7 Å². The summed E-state index contributed by atoms with van der Waals surface area (Å²) < 4.78 is 5.00. The van der Waals surface area contributed by atoms with Gasteiger partial charge < -0.3 is 10.1 Å². The molecule has 1 aromatic carbocycles. The van der Waals surface area contributed by atoms with E-state index in [9.17, 15) is 14.4 Å². The molecule has 1 aliphatic rings. The highest BCUT2D eigenvalue weighted by atomic mass is 32.1. The number of ether oxygens (including phenoxy) is 1. The second kappa shape index (κ2) is 9.27. The van der Waals surface area contributed by atoms with Gasteiger partial charge in [-0.25, -0.2) is 4.98 Å². The molecule has 1 aromatic heterocycles. The zero-order valence-electron chi connectivity index (χ0n) is 14.8. The summed E-state index contributed by atoms with van der Waals surface area (Å²) in [6.45, 7) is 0.842. The van der Waals surface area contributed by atoms with Gasteiger partial charge in [-0.05, 0) is 18.4 Å². The van der Waals surface area contributed by atoms with Gasteiger partial charge in [0.1, 0.15) is 0 Å². The number of carbonyl (C=O) groups excluding carboxylic acids is 3. The molecule has 0 bridgehead atoms. The maximum atomic E-state index is 11.9. The standard InChI is InChI=1S/C19H21N3O4S/c23-16(20-9-8-14-5-2-1-3-6-14)12-26-18(25)11-15-13-27-19(21-15)22-10-4-7-17(22)24/h1-3,5-6,13H,4,7-12H2,(H,20,23). The Labute approximate surface area is 161 Å². The molecule has 2 heterocycles. The van der Waals surface area contributed by atoms with Crippen molar-refractivity contribution in [3.05, 3.63) is 47.0 Å². The van der Waals surface area contributed by atoms with Gasteiger partial charge in [0, 0.05) is 24.9 Å². The van der Waals surface area contributed by atoms with Gasteiger partial charge >= 0.3 is 5.97 Å². The molecular formula is C19H21N3O4S. The Morgan fingerprint density at radius 3 is 2.81 bits per heavy atom. The molecule has 0 saturated carbocycles. The van der Waals surface area contributed by atoms with E-state index in [1.807, 2.05) is 30.3 Å². The molecule has 0 spiro atoms. The van der Waals surface area contributed by atoms with Crippen molar-refractivity contribution in [3.63, 3.8) is 0 Å². The van der Waals surface area contributed by atoms with Crippen LogP contribution in [0.3, 0.4) is 0 Å². The first kappa shape index (κ1) is 19.0. The molecule has 7 nitrogen and oxygen atoms in total. The first-order chi connectivity index (χ1) is 13.1. The van der Waals surface area contributed by atoms with Crippen LogP contribution < -0.4 is 10.2 Å². The lowest BCUT2D eigenvalue weighted by Crippen LogP contribution is -2.30. The monoisotopic (exact) mass is 387 g/mol. The number of rotatable bonds is 8. The third kappa shape index (κ3) is 5.62. The fourth-order valence-electron chi connectivity index (χ4n) is 2.74. The fourth-order valence-corrected chi connectivity index (χ4v) is 3.61. The van der Waals surface area contributed by atoms with E-state index in [2.05, 4.69) is 10.3 Å². The minimum atomic E-state index is -0.516. The third-order valence-corrected chi connectivity index (χ3v) is 5.02. The van der Waals surface area contributed by atoms with E-state index in [-0.39, 0.29) is 24.8 Å². The second-order valence-electron chi connectivity index (χ2n) is 6.19. The van der Waals surface area contributed by atoms with E-state index in [0.717, 1.165) is 18.4 Å². The van der Waals surface area contributed by atoms with Crippen molar-refractivity contribution in [2.24, 2.45) is 0 Å². The molecule has 0 aliphatic carbocycles. The summed E-state index contributed by atoms with van der Waals surface area (Å²) >= 11 is 1.33. The van der Waals surface area contributed by atoms with Crippen molar-refractivity contribution in [1.29, 1.82) is 0 Å². The number of esters is 1. The maximum absolute atomic E-state index is 11.9. The predicted octanol–water partition coefficient (Wildman–Crippen LogP) is 1.71. The first-order valence-electron chi connectivity index (χ1n) is 8.83. The van der Waals surface area contributed by atoms with Crippen LogP contribution in [0.25, 0.3) is 0 Å². The summed E-state index contributed by atoms with van der Waals surface area (Å²) in [6.07, 6.45) is 2.07. The second-order valence-corrected chi connectivity index (χ2v) is 7.03. The van der Waals surface area contributed by atoms with Crippen LogP contribution in [-0.2, 0) is 32.0 Å². The zero-order valence-corrected chi connectivity index (χ0v) is 15.7. The normalized spacial score (nSPS) is 13.6. The molecule has 1 aliphatic heterocycles. The first-order valence-corrected chi connectivity index (χ1v) is 9.71. The number of hydrogen-bond acceptors (Lipinski definition) is 6. The number of nitrogens with one attached hydrogen (secondary N) is 1. The summed E-state index contributed by atoms with van der Waals surface area (Å²) in [7, 11) is 0. The van der Waals surface area contributed by atoms with Gasteiger partial charge in [-0.3, -0.25) is 19.3 Å². The van der Waals surface area contributed by atoms with Crippen LogP contribution in [-0.4, -0.2) is 42.5 Å². The Balaban J connectivity index is 1.36. The van der Waals surface area contributed by atoms with E-state index in [4.69, 9.17) is 4.74 Å². The van der Waals surface area contributed by atoms with Gasteiger partial charge in [0.15, 0.2) is 11.7 Å². The van der Waals surface area contributed by atoms with E-state index in [1.54, 1.807) is 10.3 Å². The average molecular weight is 387 g/mol. The predicted molar refractivity (Wildman–Crippen MR) is 102 cm³/mol. The topological polar surface area (TPSA) is 88.6 Å². The lowest BCUT2D eigenvalue weighted by Gasteiger charge is -2.10. The van der Waals surface area contributed by atoms with Crippen LogP contribution >= 0.6 is 11.3 Å². The van der Waals surface area contributed by atoms with Crippen molar-refractivity contribution in [3.8, 4) is 0 Å². The Kier molecular flexibility index (Phi) is 6.54. The number of thiazole rings is 1. The number of aromatic nitrogens is 1. The molecule has 2 amide bonds. The quantitative estimate of drug-likeness (QED) is 0.697. The number of hydrogen-bond donors (Lipinski definition) is 1. The van der Waals surface area contributed by atoms with E-state index < -0.39 is 5.97 Å². The highest BCUT2D eigenvalue weighted by Crippen LogP contribution is 2.25. The zero-order chi connectivity index (χ0) is 19.1. The van der Waals surface area contributed by atoms with Gasteiger partial charge in [0.05, 0.1) is 12.1 Å². The molecule has 142 valence electrons. The number of anilines is 1. The maximum Gasteiger partial charge on any atom is 0.312 e. The van der Waals surface area contributed by atoms with Crippen LogP contribution in [0.4, 0.5) is 5.13 Å². The number of carbonyl (C=O) groups is 3. The number of nitrogens with zero attached hydrogens (tertiary/aromatic N) is 2. The van der Waals surface area contributed by atoms with E-state index in [0.29, 0.717) is 30.3 Å².